The number of nitrogens with zero attached hydrogens (tertiary/aromatic N) is 2. The lowest BCUT2D eigenvalue weighted by atomic mass is 9.95. The van der Waals surface area contributed by atoms with E-state index in [4.69, 9.17) is 23.2 Å². The number of nitrogens with one attached hydrogen (secondary N) is 1. The van der Waals surface area contributed by atoms with Crippen molar-refractivity contribution in [2.24, 2.45) is 0 Å². The number of imide groups is 1. The van der Waals surface area contributed by atoms with Gasteiger partial charge in [-0.2, -0.15) is 0 Å². The molecular formula is C26H23Cl2N3O4S. The van der Waals surface area contributed by atoms with Crippen LogP contribution < -0.4 is 5.32 Å². The van der Waals surface area contributed by atoms with Crippen molar-refractivity contribution < 1.29 is 19.5 Å². The normalized spacial score (nSPS) is 16.6. The minimum Gasteiger partial charge on any atom is -0.478 e. The van der Waals surface area contributed by atoms with E-state index in [1.807, 2.05) is 24.5 Å². The van der Waals surface area contributed by atoms with Gasteiger partial charge in [0, 0.05) is 16.3 Å². The summed E-state index contributed by atoms with van der Waals surface area (Å²) in [4.78, 5) is 40.1. The molecule has 10 heteroatoms. The summed E-state index contributed by atoms with van der Waals surface area (Å²) < 4.78 is 1.94. The molecule has 3 aromatic rings. The van der Waals surface area contributed by atoms with E-state index in [9.17, 15) is 19.5 Å². The van der Waals surface area contributed by atoms with Crippen LogP contribution in [0.5, 0.6) is 0 Å². The number of carboxylic acid groups (broad SMARTS) is 1. The molecule has 1 aromatic carbocycles. The second-order valence-electron chi connectivity index (χ2n) is 8.99. The largest absolute Gasteiger partial charge is 0.478 e. The Labute approximate surface area is 221 Å². The van der Waals surface area contributed by atoms with E-state index in [-0.39, 0.29) is 12.2 Å². The molecule has 0 atom stereocenters. The molecule has 2 aliphatic rings. The maximum absolute atomic E-state index is 13.1. The fraction of sp³-hybridized carbons (Fsp3) is 0.269. The van der Waals surface area contributed by atoms with Crippen molar-refractivity contribution >= 4 is 58.5 Å². The van der Waals surface area contributed by atoms with Crippen molar-refractivity contribution in [1.29, 1.82) is 0 Å². The fourth-order valence-corrected chi connectivity index (χ4v) is 6.68. The quantitative estimate of drug-likeness (QED) is 0.299. The summed E-state index contributed by atoms with van der Waals surface area (Å²) in [6.07, 6.45) is 5.37. The molecule has 7 nitrogen and oxygen atoms in total. The number of thiophene rings is 1. The molecule has 1 saturated heterocycles. The first-order valence-corrected chi connectivity index (χ1v) is 13.1. The van der Waals surface area contributed by atoms with Crippen LogP contribution in [0.3, 0.4) is 0 Å². The lowest BCUT2D eigenvalue weighted by molar-refractivity contribution is -0.123. The SMILES string of the molecule is Cc1cc(/C=C2\NC(=O)N(Cc3ccc(Cl)c(Cl)c3)C2=O)c(C)n1-c1sc2c(c1C(=O)O)CCCC2. The van der Waals surface area contributed by atoms with Crippen molar-refractivity contribution in [3.8, 4) is 5.00 Å². The van der Waals surface area contributed by atoms with Crippen molar-refractivity contribution in [2.45, 2.75) is 46.1 Å². The number of rotatable bonds is 5. The third-order valence-electron chi connectivity index (χ3n) is 6.63. The van der Waals surface area contributed by atoms with Crippen LogP contribution >= 0.6 is 34.5 Å². The lowest BCUT2D eigenvalue weighted by Crippen LogP contribution is -2.30. The number of aromatic nitrogens is 1. The molecule has 1 aliphatic heterocycles. The molecule has 0 spiro atoms. The van der Waals surface area contributed by atoms with Gasteiger partial charge in [0.25, 0.3) is 5.91 Å². The molecule has 36 heavy (non-hydrogen) atoms. The Morgan fingerprint density at radius 2 is 1.89 bits per heavy atom. The number of hydrogen-bond donors (Lipinski definition) is 2. The highest BCUT2D eigenvalue weighted by Crippen LogP contribution is 2.39. The van der Waals surface area contributed by atoms with Gasteiger partial charge in [-0.25, -0.2) is 9.59 Å². The van der Waals surface area contributed by atoms with Crippen LogP contribution in [0.4, 0.5) is 4.79 Å². The topological polar surface area (TPSA) is 91.6 Å². The Morgan fingerprint density at radius 3 is 2.61 bits per heavy atom. The van der Waals surface area contributed by atoms with Crippen LogP contribution in [-0.4, -0.2) is 32.5 Å². The minimum atomic E-state index is -0.923. The molecule has 0 saturated carbocycles. The highest BCUT2D eigenvalue weighted by atomic mass is 35.5. The lowest BCUT2D eigenvalue weighted by Gasteiger charge is -2.12. The summed E-state index contributed by atoms with van der Waals surface area (Å²) in [5.74, 6) is -1.37. The van der Waals surface area contributed by atoms with Gasteiger partial charge >= 0.3 is 12.0 Å². The molecule has 5 rings (SSSR count). The van der Waals surface area contributed by atoms with E-state index in [2.05, 4.69) is 5.32 Å². The number of amides is 3. The number of carbonyl (C=O) groups excluding carboxylic acids is 2. The van der Waals surface area contributed by atoms with Crippen LogP contribution in [0.2, 0.25) is 10.0 Å². The molecule has 0 unspecified atom stereocenters. The van der Waals surface area contributed by atoms with Gasteiger partial charge in [0.2, 0.25) is 0 Å². The summed E-state index contributed by atoms with van der Waals surface area (Å²) in [7, 11) is 0. The van der Waals surface area contributed by atoms with Gasteiger partial charge < -0.3 is 15.0 Å². The van der Waals surface area contributed by atoms with Gasteiger partial charge in [-0.05, 0) is 80.5 Å². The van der Waals surface area contributed by atoms with Crippen LogP contribution in [0, 0.1) is 13.8 Å². The third-order valence-corrected chi connectivity index (χ3v) is 8.64. The van der Waals surface area contributed by atoms with E-state index >= 15 is 0 Å². The third kappa shape index (κ3) is 4.23. The molecule has 1 aliphatic carbocycles. The number of urea groups is 1. The zero-order valence-electron chi connectivity index (χ0n) is 19.7. The fourth-order valence-electron chi connectivity index (χ4n) is 4.87. The van der Waals surface area contributed by atoms with Gasteiger partial charge in [0.1, 0.15) is 10.7 Å². The van der Waals surface area contributed by atoms with Gasteiger partial charge in [0.05, 0.1) is 22.2 Å². The Kier molecular flexibility index (Phi) is 6.44. The Balaban J connectivity index is 1.48. The van der Waals surface area contributed by atoms with Crippen molar-refractivity contribution in [3.05, 3.63) is 78.5 Å². The van der Waals surface area contributed by atoms with E-state index in [1.54, 1.807) is 24.3 Å². The Bertz CT molecular complexity index is 1470. The van der Waals surface area contributed by atoms with E-state index in [0.29, 0.717) is 26.2 Å². The van der Waals surface area contributed by atoms with E-state index < -0.39 is 17.9 Å². The first-order valence-electron chi connectivity index (χ1n) is 11.5. The molecule has 1 fully saturated rings. The monoisotopic (exact) mass is 543 g/mol. The predicted octanol–water partition coefficient (Wildman–Crippen LogP) is 6.13. The number of benzene rings is 1. The molecule has 0 bridgehead atoms. The molecule has 2 aromatic heterocycles. The van der Waals surface area contributed by atoms with Crippen LogP contribution in [-0.2, 0) is 24.2 Å². The zero-order chi connectivity index (χ0) is 25.7. The van der Waals surface area contributed by atoms with Crippen molar-refractivity contribution in [2.75, 3.05) is 0 Å². The van der Waals surface area contributed by atoms with Crippen LogP contribution in [0.25, 0.3) is 11.1 Å². The van der Waals surface area contributed by atoms with Crippen LogP contribution in [0.15, 0.2) is 30.0 Å². The second kappa shape index (κ2) is 9.42. The number of aryl methyl sites for hydroxylation is 2. The molecular weight excluding hydrogens is 521 g/mol. The van der Waals surface area contributed by atoms with E-state index in [0.717, 1.165) is 58.0 Å². The number of carbonyl (C=O) groups is 3. The van der Waals surface area contributed by atoms with Crippen LogP contribution in [0.1, 0.15) is 56.2 Å². The van der Waals surface area contributed by atoms with Gasteiger partial charge in [-0.3, -0.25) is 9.69 Å². The number of hydrogen-bond acceptors (Lipinski definition) is 4. The highest BCUT2D eigenvalue weighted by Gasteiger charge is 2.34. The second-order valence-corrected chi connectivity index (χ2v) is 10.9. The maximum atomic E-state index is 13.1. The standard InChI is InChI=1S/C26H23Cl2N3O4S/c1-13-9-16(14(2)31(13)24-22(25(33)34)17-5-3-4-6-21(17)36-24)11-20-23(32)30(26(35)29-20)12-15-7-8-18(27)19(28)10-15/h7-11H,3-6,12H2,1-2H3,(H,29,35)(H,33,34)/b20-11-. The smallest absolute Gasteiger partial charge is 0.339 e. The molecule has 0 radical (unpaired) electrons. The summed E-state index contributed by atoms with van der Waals surface area (Å²) >= 11 is 13.6. The molecule has 2 N–H and O–H groups in total. The first-order chi connectivity index (χ1) is 17.2. The Morgan fingerprint density at radius 1 is 1.14 bits per heavy atom. The van der Waals surface area contributed by atoms with Crippen molar-refractivity contribution in [1.82, 2.24) is 14.8 Å². The average molecular weight is 544 g/mol. The molecule has 186 valence electrons. The zero-order valence-corrected chi connectivity index (χ0v) is 22.0. The molecule has 3 amide bonds. The number of fused-ring (bicyclic) bond motifs is 1. The van der Waals surface area contributed by atoms with Crippen molar-refractivity contribution in [3.63, 3.8) is 0 Å². The van der Waals surface area contributed by atoms with E-state index in [1.165, 1.54) is 11.3 Å². The number of carboxylic acids is 1. The van der Waals surface area contributed by atoms with Gasteiger partial charge in [-0.15, -0.1) is 11.3 Å². The Hall–Kier alpha value is -3.07. The molecule has 3 heterocycles. The minimum absolute atomic E-state index is 0.0562. The van der Waals surface area contributed by atoms with Gasteiger partial charge in [-0.1, -0.05) is 29.3 Å². The summed E-state index contributed by atoms with van der Waals surface area (Å²) in [5, 5.41) is 14.1. The average Bonchev–Trinajstić information content (AvgIpc) is 3.43. The first kappa shape index (κ1) is 24.6. The highest BCUT2D eigenvalue weighted by molar-refractivity contribution is 7.15. The predicted molar refractivity (Wildman–Crippen MR) is 140 cm³/mol. The van der Waals surface area contributed by atoms with Gasteiger partial charge in [0.15, 0.2) is 0 Å². The maximum Gasteiger partial charge on any atom is 0.339 e. The summed E-state index contributed by atoms with van der Waals surface area (Å²) in [6, 6.07) is 6.33. The summed E-state index contributed by atoms with van der Waals surface area (Å²) in [5.41, 5.74) is 4.52. The summed E-state index contributed by atoms with van der Waals surface area (Å²) in [6.45, 7) is 3.85. The number of aromatic carboxylic acids is 1. The number of halogens is 2.